The Bertz CT molecular complexity index is 119. The Labute approximate surface area is 70.5 Å². The van der Waals surface area contributed by atoms with E-state index in [0.29, 0.717) is 11.8 Å². The van der Waals surface area contributed by atoms with Crippen molar-refractivity contribution in [3.8, 4) is 6.07 Å². The smallest absolute Gasteiger partial charge is 0.0970 e. The second-order valence-corrected chi connectivity index (χ2v) is 4.84. The summed E-state index contributed by atoms with van der Waals surface area (Å²) in [5.74, 6) is 0. The number of nitriles is 1. The number of nitrogens with zero attached hydrogens (tertiary/aromatic N) is 2. The normalized spacial score (nSPS) is 10.4. The van der Waals surface area contributed by atoms with Gasteiger partial charge < -0.3 is 0 Å². The van der Waals surface area contributed by atoms with Crippen LogP contribution in [0.2, 0.25) is 0 Å². The molecule has 0 aromatic rings. The van der Waals surface area contributed by atoms with Gasteiger partial charge in [0.15, 0.2) is 0 Å². The minimum absolute atomic E-state index is 0.379. The molecule has 10 heavy (non-hydrogen) atoms. The van der Waals surface area contributed by atoms with Crippen molar-refractivity contribution in [3.63, 3.8) is 0 Å². The topological polar surface area (TPSA) is 27.0 Å². The molecule has 57 valence electrons. The second-order valence-electron chi connectivity index (χ2n) is 2.02. The fourth-order valence-corrected chi connectivity index (χ4v) is 1.70. The highest BCUT2D eigenvalue weighted by Gasteiger charge is 1.99. The largest absolute Gasteiger partial charge is 0.226 e. The lowest BCUT2D eigenvalue weighted by molar-refractivity contribution is 0.707. The van der Waals surface area contributed by atoms with E-state index in [9.17, 15) is 0 Å². The first-order chi connectivity index (χ1) is 4.66. The summed E-state index contributed by atoms with van der Waals surface area (Å²) in [5.41, 5.74) is 0. The van der Waals surface area contributed by atoms with Gasteiger partial charge in [-0.25, -0.2) is 4.31 Å². The molecule has 1 radical (unpaired) electrons. The number of hydrogen-bond donors (Lipinski definition) is 0. The predicted octanol–water partition coefficient (Wildman–Crippen LogP) is 2.31. The van der Waals surface area contributed by atoms with Gasteiger partial charge in [-0.3, -0.25) is 0 Å². The lowest BCUT2D eigenvalue weighted by Gasteiger charge is -2.10. The maximum absolute atomic E-state index is 8.25. The van der Waals surface area contributed by atoms with Crippen molar-refractivity contribution >= 4 is 21.8 Å². The number of rotatable bonds is 4. The first kappa shape index (κ1) is 10.2. The summed E-state index contributed by atoms with van der Waals surface area (Å²) in [6, 6.07) is 2.02. The standard InChI is InChI=1S/C6H11N2S2/c1-6(2)9-10-8(3)5-4-7/h6H,3,5H2,1-2H3. The minimum atomic E-state index is 0.379. The summed E-state index contributed by atoms with van der Waals surface area (Å²) in [6.07, 6.45) is 0. The molecule has 0 unspecified atom stereocenters. The zero-order valence-electron chi connectivity index (χ0n) is 6.20. The van der Waals surface area contributed by atoms with Crippen molar-refractivity contribution in [2.75, 3.05) is 6.54 Å². The molecule has 0 atom stereocenters. The SMILES string of the molecule is [CH2]N(CC#N)SSC(C)C. The monoisotopic (exact) mass is 175 g/mol. The Morgan fingerprint density at radius 2 is 2.30 bits per heavy atom. The van der Waals surface area contributed by atoms with E-state index in [1.165, 1.54) is 11.0 Å². The van der Waals surface area contributed by atoms with Crippen molar-refractivity contribution in [1.82, 2.24) is 4.31 Å². The molecule has 0 spiro atoms. The van der Waals surface area contributed by atoms with Crippen LogP contribution in [0.4, 0.5) is 0 Å². The van der Waals surface area contributed by atoms with E-state index in [1.807, 2.05) is 6.07 Å². The Balaban J connectivity index is 3.23. The molecule has 2 nitrogen and oxygen atoms in total. The summed E-state index contributed by atoms with van der Waals surface area (Å²) in [5, 5.41) is 8.82. The number of hydrogen-bond acceptors (Lipinski definition) is 4. The minimum Gasteiger partial charge on any atom is -0.226 e. The van der Waals surface area contributed by atoms with Crippen LogP contribution >= 0.6 is 21.8 Å². The fourth-order valence-electron chi connectivity index (χ4n) is 0.252. The van der Waals surface area contributed by atoms with Gasteiger partial charge in [-0.05, 0) is 11.0 Å². The van der Waals surface area contributed by atoms with Crippen LogP contribution in [0.5, 0.6) is 0 Å². The molecular weight excluding hydrogens is 164 g/mol. The Morgan fingerprint density at radius 3 is 2.70 bits per heavy atom. The summed E-state index contributed by atoms with van der Waals surface area (Å²) in [7, 11) is 6.89. The van der Waals surface area contributed by atoms with Crippen LogP contribution in [0.1, 0.15) is 13.8 Å². The van der Waals surface area contributed by atoms with E-state index in [4.69, 9.17) is 5.26 Å². The maximum atomic E-state index is 8.25. The molecular formula is C6H11N2S2. The van der Waals surface area contributed by atoms with E-state index in [2.05, 4.69) is 20.9 Å². The van der Waals surface area contributed by atoms with Gasteiger partial charge in [0, 0.05) is 12.3 Å². The third-order valence-electron chi connectivity index (χ3n) is 0.588. The second kappa shape index (κ2) is 5.90. The zero-order chi connectivity index (χ0) is 7.98. The molecule has 0 N–H and O–H groups in total. The Kier molecular flexibility index (Phi) is 5.99. The molecule has 0 rings (SSSR count). The van der Waals surface area contributed by atoms with Gasteiger partial charge in [-0.1, -0.05) is 24.6 Å². The summed E-state index contributed by atoms with van der Waals surface area (Å²) >= 11 is 0. The highest BCUT2D eigenvalue weighted by Crippen LogP contribution is 2.28. The third kappa shape index (κ3) is 6.27. The molecule has 0 saturated heterocycles. The molecule has 0 fully saturated rings. The molecule has 0 amide bonds. The van der Waals surface area contributed by atoms with Crippen molar-refractivity contribution in [2.45, 2.75) is 19.1 Å². The van der Waals surface area contributed by atoms with Gasteiger partial charge in [-0.15, -0.1) is 0 Å². The Morgan fingerprint density at radius 1 is 1.70 bits per heavy atom. The average molecular weight is 175 g/mol. The molecule has 0 aromatic carbocycles. The summed E-state index contributed by atoms with van der Waals surface area (Å²) < 4.78 is 1.67. The van der Waals surface area contributed by atoms with Crippen molar-refractivity contribution in [1.29, 1.82) is 5.26 Å². The van der Waals surface area contributed by atoms with Crippen LogP contribution in [-0.2, 0) is 0 Å². The van der Waals surface area contributed by atoms with Crippen molar-refractivity contribution in [2.24, 2.45) is 0 Å². The van der Waals surface area contributed by atoms with Gasteiger partial charge in [0.1, 0.15) is 0 Å². The average Bonchev–Trinajstić information content (AvgIpc) is 1.85. The first-order valence-corrected chi connectivity index (χ1v) is 5.12. The highest BCUT2D eigenvalue weighted by atomic mass is 33.1. The lowest BCUT2D eigenvalue weighted by Crippen LogP contribution is -2.04. The van der Waals surface area contributed by atoms with E-state index in [-0.39, 0.29) is 0 Å². The van der Waals surface area contributed by atoms with Crippen LogP contribution < -0.4 is 0 Å². The van der Waals surface area contributed by atoms with Crippen LogP contribution in [-0.4, -0.2) is 16.1 Å². The molecule has 0 aliphatic rings. The summed E-state index contributed by atoms with van der Waals surface area (Å²) in [6.45, 7) is 4.60. The molecule has 0 aliphatic carbocycles. The van der Waals surface area contributed by atoms with E-state index >= 15 is 0 Å². The first-order valence-electron chi connectivity index (χ1n) is 2.95. The van der Waals surface area contributed by atoms with Gasteiger partial charge >= 0.3 is 0 Å². The van der Waals surface area contributed by atoms with Gasteiger partial charge in [-0.2, -0.15) is 5.26 Å². The molecule has 0 heterocycles. The Hall–Kier alpha value is 0.150. The fraction of sp³-hybridized carbons (Fsp3) is 0.667. The summed E-state index contributed by atoms with van der Waals surface area (Å²) in [4.78, 5) is 0. The maximum Gasteiger partial charge on any atom is 0.0970 e. The van der Waals surface area contributed by atoms with Crippen LogP contribution in [0, 0.1) is 18.4 Å². The predicted molar refractivity (Wildman–Crippen MR) is 48.0 cm³/mol. The van der Waals surface area contributed by atoms with E-state index in [1.54, 1.807) is 15.1 Å². The van der Waals surface area contributed by atoms with Crippen LogP contribution in [0.15, 0.2) is 0 Å². The zero-order valence-corrected chi connectivity index (χ0v) is 7.84. The molecule has 4 heteroatoms. The molecule has 0 aromatic heterocycles. The van der Waals surface area contributed by atoms with Gasteiger partial charge in [0.05, 0.1) is 12.6 Å². The van der Waals surface area contributed by atoms with Gasteiger partial charge in [0.2, 0.25) is 0 Å². The van der Waals surface area contributed by atoms with E-state index < -0.39 is 0 Å². The lowest BCUT2D eigenvalue weighted by atomic mass is 10.6. The molecule has 0 saturated carbocycles. The highest BCUT2D eigenvalue weighted by molar-refractivity contribution is 8.76. The molecule has 0 bridgehead atoms. The van der Waals surface area contributed by atoms with Crippen LogP contribution in [0.3, 0.4) is 0 Å². The quantitative estimate of drug-likeness (QED) is 0.372. The third-order valence-corrected chi connectivity index (χ3v) is 3.44. The van der Waals surface area contributed by atoms with Gasteiger partial charge in [0.25, 0.3) is 0 Å². The van der Waals surface area contributed by atoms with E-state index in [0.717, 1.165) is 0 Å². The van der Waals surface area contributed by atoms with Crippen LogP contribution in [0.25, 0.3) is 0 Å². The van der Waals surface area contributed by atoms with Crippen molar-refractivity contribution in [3.05, 3.63) is 7.05 Å². The van der Waals surface area contributed by atoms with Crippen molar-refractivity contribution < 1.29 is 0 Å². The molecule has 0 aliphatic heterocycles.